The largest absolute Gasteiger partial charge is 0.324 e. The third kappa shape index (κ3) is 3.60. The van der Waals surface area contributed by atoms with Gasteiger partial charge in [0.05, 0.1) is 4.90 Å². The van der Waals surface area contributed by atoms with Gasteiger partial charge in [-0.25, -0.2) is 12.7 Å². The lowest BCUT2D eigenvalue weighted by Gasteiger charge is -2.24. The molecule has 0 bridgehead atoms. The van der Waals surface area contributed by atoms with Crippen LogP contribution < -0.4 is 5.32 Å². The van der Waals surface area contributed by atoms with Crippen molar-refractivity contribution >= 4 is 27.5 Å². The Morgan fingerprint density at radius 2 is 1.63 bits per heavy atom. The number of nitrogens with zero attached hydrogens (tertiary/aromatic N) is 1. The summed E-state index contributed by atoms with van der Waals surface area (Å²) in [6, 6.07) is 10.8. The summed E-state index contributed by atoms with van der Waals surface area (Å²) in [4.78, 5) is 25.2. The molecule has 0 aliphatic carbocycles. The van der Waals surface area contributed by atoms with Crippen LogP contribution in [0.3, 0.4) is 0 Å². The monoisotopic (exact) mass is 386 g/mol. The lowest BCUT2D eigenvalue weighted by molar-refractivity contribution is -0.128. The topological polar surface area (TPSA) is 83.6 Å². The van der Waals surface area contributed by atoms with Crippen molar-refractivity contribution in [3.05, 3.63) is 59.2 Å². The number of hydrogen-bond acceptors (Lipinski definition) is 4. The van der Waals surface area contributed by atoms with Gasteiger partial charge in [0.25, 0.3) is 10.0 Å². The van der Waals surface area contributed by atoms with E-state index in [9.17, 15) is 18.0 Å². The van der Waals surface area contributed by atoms with Gasteiger partial charge in [-0.2, -0.15) is 0 Å². The van der Waals surface area contributed by atoms with E-state index in [4.69, 9.17) is 0 Å². The maximum Gasteiger partial charge on any atom is 0.267 e. The Morgan fingerprint density at radius 3 is 2.22 bits per heavy atom. The third-order valence-electron chi connectivity index (χ3n) is 4.77. The number of rotatable bonds is 4. The highest BCUT2D eigenvalue weighted by atomic mass is 32.2. The molecule has 1 aliphatic rings. The average molecular weight is 386 g/mol. The predicted octanol–water partition coefficient (Wildman–Crippen LogP) is 2.93. The molecule has 2 aromatic carbocycles. The second-order valence-corrected chi connectivity index (χ2v) is 8.63. The first-order chi connectivity index (χ1) is 12.7. The molecule has 142 valence electrons. The Balaban J connectivity index is 1.92. The fourth-order valence-corrected chi connectivity index (χ4v) is 4.85. The van der Waals surface area contributed by atoms with E-state index in [0.29, 0.717) is 5.69 Å². The highest BCUT2D eigenvalue weighted by Gasteiger charge is 2.44. The summed E-state index contributed by atoms with van der Waals surface area (Å²) in [6.07, 6.45) is 0.191. The van der Waals surface area contributed by atoms with Crippen molar-refractivity contribution in [1.82, 2.24) is 4.31 Å². The van der Waals surface area contributed by atoms with E-state index < -0.39 is 27.9 Å². The Morgan fingerprint density at radius 1 is 1.04 bits per heavy atom. The van der Waals surface area contributed by atoms with E-state index in [1.807, 2.05) is 39.0 Å². The van der Waals surface area contributed by atoms with Crippen LogP contribution in [0.1, 0.15) is 29.5 Å². The minimum absolute atomic E-state index is 0.00761. The van der Waals surface area contributed by atoms with Gasteiger partial charge in [0, 0.05) is 12.1 Å². The quantitative estimate of drug-likeness (QED) is 0.876. The highest BCUT2D eigenvalue weighted by Crippen LogP contribution is 2.29. The summed E-state index contributed by atoms with van der Waals surface area (Å²) in [7, 11) is -4.09. The zero-order valence-electron chi connectivity index (χ0n) is 15.5. The van der Waals surface area contributed by atoms with Crippen LogP contribution in [0.5, 0.6) is 0 Å². The van der Waals surface area contributed by atoms with E-state index in [1.165, 1.54) is 12.1 Å². The van der Waals surface area contributed by atoms with Crippen LogP contribution in [-0.4, -0.2) is 30.6 Å². The summed E-state index contributed by atoms with van der Waals surface area (Å²) in [5.74, 6) is -1.05. The van der Waals surface area contributed by atoms with Gasteiger partial charge in [-0.1, -0.05) is 35.9 Å². The molecule has 0 radical (unpaired) electrons. The molecule has 0 spiro atoms. The number of hydrogen-bond donors (Lipinski definition) is 1. The van der Waals surface area contributed by atoms with Crippen molar-refractivity contribution in [3.63, 3.8) is 0 Å². The molecule has 0 unspecified atom stereocenters. The smallest absolute Gasteiger partial charge is 0.267 e. The normalized spacial score (nSPS) is 17.2. The molecule has 1 saturated heterocycles. The van der Waals surface area contributed by atoms with Crippen LogP contribution in [-0.2, 0) is 19.6 Å². The van der Waals surface area contributed by atoms with Gasteiger partial charge in [0.1, 0.15) is 6.04 Å². The number of carbonyl (C=O) groups excluding carboxylic acids is 2. The molecule has 1 heterocycles. The minimum Gasteiger partial charge on any atom is -0.324 e. The molecular formula is C20H22N2O4S. The number of sulfonamides is 1. The van der Waals surface area contributed by atoms with Gasteiger partial charge in [0.15, 0.2) is 0 Å². The van der Waals surface area contributed by atoms with Crippen molar-refractivity contribution in [2.45, 2.75) is 44.6 Å². The second-order valence-electron chi connectivity index (χ2n) is 6.82. The maximum absolute atomic E-state index is 13.0. The number of carbonyl (C=O) groups is 2. The number of nitrogens with one attached hydrogen (secondary N) is 1. The summed E-state index contributed by atoms with van der Waals surface area (Å²) < 4.78 is 26.7. The average Bonchev–Trinajstić information content (AvgIpc) is 3.01. The molecule has 1 fully saturated rings. The minimum atomic E-state index is -4.09. The lowest BCUT2D eigenvalue weighted by atomic mass is 10.1. The molecule has 1 N–H and O–H groups in total. The molecule has 1 aliphatic heterocycles. The number of aryl methyl sites for hydroxylation is 3. The third-order valence-corrected chi connectivity index (χ3v) is 6.61. The zero-order valence-corrected chi connectivity index (χ0v) is 16.3. The van der Waals surface area contributed by atoms with Crippen molar-refractivity contribution in [2.75, 3.05) is 5.32 Å². The molecule has 2 amide bonds. The van der Waals surface area contributed by atoms with E-state index >= 15 is 0 Å². The first-order valence-corrected chi connectivity index (χ1v) is 10.2. The van der Waals surface area contributed by atoms with E-state index in [1.54, 1.807) is 12.1 Å². The summed E-state index contributed by atoms with van der Waals surface area (Å²) >= 11 is 0. The highest BCUT2D eigenvalue weighted by molar-refractivity contribution is 7.89. The van der Waals surface area contributed by atoms with Crippen molar-refractivity contribution in [2.24, 2.45) is 0 Å². The number of para-hydroxylation sites is 1. The molecule has 0 saturated carbocycles. The van der Waals surface area contributed by atoms with E-state index in [2.05, 4.69) is 5.32 Å². The van der Waals surface area contributed by atoms with E-state index in [0.717, 1.165) is 21.0 Å². The van der Waals surface area contributed by atoms with Gasteiger partial charge in [-0.15, -0.1) is 0 Å². The summed E-state index contributed by atoms with van der Waals surface area (Å²) in [6.45, 7) is 5.57. The molecule has 7 heteroatoms. The van der Waals surface area contributed by atoms with Crippen molar-refractivity contribution in [3.8, 4) is 0 Å². The van der Waals surface area contributed by atoms with Crippen LogP contribution in [0.15, 0.2) is 47.4 Å². The molecule has 1 atom stereocenters. The maximum atomic E-state index is 13.0. The van der Waals surface area contributed by atoms with Crippen molar-refractivity contribution < 1.29 is 18.0 Å². The summed E-state index contributed by atoms with van der Waals surface area (Å²) in [5, 5.41) is 2.81. The standard InChI is InChI=1S/C20H22N2O4S/c1-13-7-9-16(10-8-13)27(25,26)22-17(11-12-18(22)23)20(24)21-19-14(2)5-4-6-15(19)3/h4-10,17H,11-12H2,1-3H3,(H,21,24)/t17-/m0/s1. The predicted molar refractivity (Wildman–Crippen MR) is 103 cm³/mol. The second kappa shape index (κ2) is 7.15. The Kier molecular flexibility index (Phi) is 5.06. The summed E-state index contributed by atoms with van der Waals surface area (Å²) in [5.41, 5.74) is 3.31. The Bertz CT molecular complexity index is 977. The SMILES string of the molecule is Cc1ccc(S(=O)(=O)N2C(=O)CC[C@H]2C(=O)Nc2c(C)cccc2C)cc1. The molecule has 0 aromatic heterocycles. The van der Waals surface area contributed by atoms with Crippen LogP contribution in [0, 0.1) is 20.8 Å². The molecule has 2 aromatic rings. The molecular weight excluding hydrogens is 364 g/mol. The van der Waals surface area contributed by atoms with Crippen LogP contribution >= 0.6 is 0 Å². The number of benzene rings is 2. The lowest BCUT2D eigenvalue weighted by Crippen LogP contribution is -2.45. The van der Waals surface area contributed by atoms with E-state index in [-0.39, 0.29) is 17.7 Å². The fraction of sp³-hybridized carbons (Fsp3) is 0.300. The fourth-order valence-electron chi connectivity index (χ4n) is 3.24. The van der Waals surface area contributed by atoms with Crippen LogP contribution in [0.2, 0.25) is 0 Å². The van der Waals surface area contributed by atoms with Crippen LogP contribution in [0.4, 0.5) is 5.69 Å². The molecule has 6 nitrogen and oxygen atoms in total. The first-order valence-electron chi connectivity index (χ1n) is 8.73. The first kappa shape index (κ1) is 19.1. The van der Waals surface area contributed by atoms with Gasteiger partial charge >= 0.3 is 0 Å². The zero-order chi connectivity index (χ0) is 19.8. The molecule has 27 heavy (non-hydrogen) atoms. The Labute approximate surface area is 159 Å². The number of anilines is 1. The van der Waals surface area contributed by atoms with Gasteiger partial charge in [-0.05, 0) is 50.5 Å². The molecule has 3 rings (SSSR count). The van der Waals surface area contributed by atoms with Crippen LogP contribution in [0.25, 0.3) is 0 Å². The van der Waals surface area contributed by atoms with Gasteiger partial charge in [-0.3, -0.25) is 9.59 Å². The number of amides is 2. The van der Waals surface area contributed by atoms with Gasteiger partial charge in [0.2, 0.25) is 11.8 Å². The Hall–Kier alpha value is -2.67. The van der Waals surface area contributed by atoms with Gasteiger partial charge < -0.3 is 5.32 Å². The van der Waals surface area contributed by atoms with Crippen molar-refractivity contribution in [1.29, 1.82) is 0 Å².